The lowest BCUT2D eigenvalue weighted by Crippen LogP contribution is -2.49. The van der Waals surface area contributed by atoms with E-state index in [0.29, 0.717) is 0 Å². The molecule has 0 amide bonds. The van der Waals surface area contributed by atoms with Gasteiger partial charge in [0.2, 0.25) is 0 Å². The number of hydrogen-bond donors (Lipinski definition) is 2. The van der Waals surface area contributed by atoms with E-state index >= 15 is 0 Å². The van der Waals surface area contributed by atoms with E-state index in [1.807, 2.05) is 66.7 Å². The minimum Gasteiger partial charge on any atom is -0.481 e. The molecule has 2 aliphatic heterocycles. The van der Waals surface area contributed by atoms with E-state index in [0.717, 1.165) is 11.1 Å². The standard InChI is InChI=1S/C25H25NO6/c1-32-24(31)25-14-18(22(27)28)20(13-12-16-8-4-2-5-9-16)26(25)21(19(15-25)23(29)30)17-10-6-3-7-11-17/h2-13,18-21H,14-15H2,1H3,(H,27,28)(H,29,30)/b13-12+/t18-,19-,20-,21-,25-/m0/s1. The summed E-state index contributed by atoms with van der Waals surface area (Å²) in [5.41, 5.74) is 0.292. The lowest BCUT2D eigenvalue weighted by Gasteiger charge is -2.36. The quantitative estimate of drug-likeness (QED) is 0.671. The number of carbonyl (C=O) groups is 3. The Morgan fingerprint density at radius 3 is 2.06 bits per heavy atom. The minimum atomic E-state index is -1.33. The molecular formula is C25H25NO6. The molecule has 4 rings (SSSR count). The highest BCUT2D eigenvalue weighted by Crippen LogP contribution is 2.57. The van der Waals surface area contributed by atoms with Crippen LogP contribution in [0.15, 0.2) is 66.7 Å². The van der Waals surface area contributed by atoms with Crippen LogP contribution in [-0.4, -0.2) is 51.7 Å². The van der Waals surface area contributed by atoms with Crippen molar-refractivity contribution in [3.8, 4) is 0 Å². The number of carboxylic acid groups (broad SMARTS) is 2. The first-order valence-electron chi connectivity index (χ1n) is 10.5. The summed E-state index contributed by atoms with van der Waals surface area (Å²) in [4.78, 5) is 39.4. The smallest absolute Gasteiger partial charge is 0.326 e. The van der Waals surface area contributed by atoms with E-state index in [1.165, 1.54) is 7.11 Å². The highest BCUT2D eigenvalue weighted by atomic mass is 16.5. The molecule has 0 aromatic heterocycles. The van der Waals surface area contributed by atoms with Crippen molar-refractivity contribution in [2.24, 2.45) is 11.8 Å². The molecule has 2 heterocycles. The largest absolute Gasteiger partial charge is 0.481 e. The molecule has 2 fully saturated rings. The summed E-state index contributed by atoms with van der Waals surface area (Å²) in [5, 5.41) is 20.0. The van der Waals surface area contributed by atoms with Gasteiger partial charge >= 0.3 is 17.9 Å². The Morgan fingerprint density at radius 2 is 1.50 bits per heavy atom. The first kappa shape index (κ1) is 21.8. The van der Waals surface area contributed by atoms with Crippen molar-refractivity contribution >= 4 is 24.0 Å². The molecule has 0 aliphatic carbocycles. The van der Waals surface area contributed by atoms with E-state index in [2.05, 4.69) is 0 Å². The van der Waals surface area contributed by atoms with Gasteiger partial charge in [0.1, 0.15) is 5.54 Å². The molecule has 2 aliphatic rings. The maximum atomic E-state index is 13.1. The zero-order valence-corrected chi connectivity index (χ0v) is 17.6. The zero-order chi connectivity index (χ0) is 22.9. The summed E-state index contributed by atoms with van der Waals surface area (Å²) in [6.07, 6.45) is 3.59. The lowest BCUT2D eigenvalue weighted by molar-refractivity contribution is -0.153. The lowest BCUT2D eigenvalue weighted by atomic mass is 9.83. The van der Waals surface area contributed by atoms with Crippen LogP contribution in [0.5, 0.6) is 0 Å². The average molecular weight is 435 g/mol. The molecule has 0 saturated carbocycles. The molecule has 32 heavy (non-hydrogen) atoms. The summed E-state index contributed by atoms with van der Waals surface area (Å²) in [7, 11) is 1.25. The number of carbonyl (C=O) groups excluding carboxylic acids is 1. The Bertz CT molecular complexity index is 1040. The maximum Gasteiger partial charge on any atom is 0.326 e. The van der Waals surface area contributed by atoms with Crippen LogP contribution < -0.4 is 0 Å². The van der Waals surface area contributed by atoms with E-state index in [1.54, 1.807) is 11.0 Å². The van der Waals surface area contributed by atoms with E-state index in [-0.39, 0.29) is 12.8 Å². The molecule has 7 heteroatoms. The summed E-state index contributed by atoms with van der Waals surface area (Å²) in [6, 6.07) is 17.2. The summed E-state index contributed by atoms with van der Waals surface area (Å²) >= 11 is 0. The molecule has 0 spiro atoms. The van der Waals surface area contributed by atoms with Gasteiger partial charge in [-0.15, -0.1) is 0 Å². The van der Waals surface area contributed by atoms with Crippen LogP contribution in [0, 0.1) is 11.8 Å². The zero-order valence-electron chi connectivity index (χ0n) is 17.6. The molecule has 2 aromatic rings. The van der Waals surface area contributed by atoms with Crippen LogP contribution in [0.25, 0.3) is 6.08 Å². The summed E-state index contributed by atoms with van der Waals surface area (Å²) in [6.45, 7) is 0. The van der Waals surface area contributed by atoms with Crippen molar-refractivity contribution in [2.75, 3.05) is 7.11 Å². The number of aliphatic carboxylic acids is 2. The van der Waals surface area contributed by atoms with Crippen LogP contribution in [0.4, 0.5) is 0 Å². The molecule has 0 unspecified atom stereocenters. The minimum absolute atomic E-state index is 0.00593. The number of esters is 1. The maximum absolute atomic E-state index is 13.1. The van der Waals surface area contributed by atoms with Crippen LogP contribution in [0.3, 0.4) is 0 Å². The van der Waals surface area contributed by atoms with E-state index in [4.69, 9.17) is 4.74 Å². The van der Waals surface area contributed by atoms with Gasteiger partial charge in [0.05, 0.1) is 18.9 Å². The van der Waals surface area contributed by atoms with Gasteiger partial charge in [-0.25, -0.2) is 0 Å². The molecule has 166 valence electrons. The van der Waals surface area contributed by atoms with Gasteiger partial charge in [-0.1, -0.05) is 72.8 Å². The second-order valence-corrected chi connectivity index (χ2v) is 8.34. The normalized spacial score (nSPS) is 29.7. The Kier molecular flexibility index (Phi) is 5.84. The fourth-order valence-electron chi connectivity index (χ4n) is 5.34. The Hall–Kier alpha value is -3.45. The highest BCUT2D eigenvalue weighted by Gasteiger charge is 2.67. The third-order valence-corrected chi connectivity index (χ3v) is 6.65. The number of fused-ring (bicyclic) bond motifs is 1. The van der Waals surface area contributed by atoms with Crippen LogP contribution in [0.1, 0.15) is 30.0 Å². The van der Waals surface area contributed by atoms with E-state index in [9.17, 15) is 24.6 Å². The van der Waals surface area contributed by atoms with Crippen molar-refractivity contribution in [2.45, 2.75) is 30.5 Å². The van der Waals surface area contributed by atoms with Crippen molar-refractivity contribution in [3.63, 3.8) is 0 Å². The first-order chi connectivity index (χ1) is 15.4. The third-order valence-electron chi connectivity index (χ3n) is 6.65. The number of methoxy groups -OCH3 is 1. The Morgan fingerprint density at radius 1 is 0.938 bits per heavy atom. The molecule has 0 radical (unpaired) electrons. The predicted octanol–water partition coefficient (Wildman–Crippen LogP) is 3.23. The number of carboxylic acids is 2. The van der Waals surface area contributed by atoms with E-state index < -0.39 is 47.4 Å². The van der Waals surface area contributed by atoms with Crippen molar-refractivity contribution < 1.29 is 29.3 Å². The number of benzene rings is 2. The fourth-order valence-corrected chi connectivity index (χ4v) is 5.34. The Balaban J connectivity index is 1.87. The van der Waals surface area contributed by atoms with Crippen molar-refractivity contribution in [1.82, 2.24) is 4.90 Å². The highest BCUT2D eigenvalue weighted by molar-refractivity contribution is 5.87. The molecule has 7 nitrogen and oxygen atoms in total. The van der Waals surface area contributed by atoms with Gasteiger partial charge in [0.15, 0.2) is 0 Å². The molecule has 2 N–H and O–H groups in total. The van der Waals surface area contributed by atoms with Gasteiger partial charge in [-0.05, 0) is 24.0 Å². The first-order valence-corrected chi connectivity index (χ1v) is 10.5. The van der Waals surface area contributed by atoms with Gasteiger partial charge in [-0.2, -0.15) is 0 Å². The fraction of sp³-hybridized carbons (Fsp3) is 0.320. The number of ether oxygens (including phenoxy) is 1. The number of nitrogens with zero attached hydrogens (tertiary/aromatic N) is 1. The number of rotatable bonds is 6. The van der Waals surface area contributed by atoms with Gasteiger partial charge in [0, 0.05) is 12.1 Å². The molecule has 2 aromatic carbocycles. The van der Waals surface area contributed by atoms with Crippen molar-refractivity contribution in [1.29, 1.82) is 0 Å². The monoisotopic (exact) mass is 435 g/mol. The van der Waals surface area contributed by atoms with Gasteiger partial charge < -0.3 is 14.9 Å². The predicted molar refractivity (Wildman–Crippen MR) is 117 cm³/mol. The van der Waals surface area contributed by atoms with Crippen LogP contribution in [0.2, 0.25) is 0 Å². The SMILES string of the molecule is COC(=O)[C@@]12C[C@H](C(=O)O)[C@H](/C=C/c3ccccc3)N1[C@@H](c1ccccc1)[C@@H](C(=O)O)C2. The molecule has 5 atom stereocenters. The van der Waals surface area contributed by atoms with Crippen LogP contribution >= 0.6 is 0 Å². The summed E-state index contributed by atoms with van der Waals surface area (Å²) in [5.74, 6) is -4.39. The average Bonchev–Trinajstić information content (AvgIpc) is 3.31. The molecule has 2 saturated heterocycles. The summed E-state index contributed by atoms with van der Waals surface area (Å²) < 4.78 is 5.10. The van der Waals surface area contributed by atoms with Gasteiger partial charge in [0.25, 0.3) is 0 Å². The van der Waals surface area contributed by atoms with Crippen molar-refractivity contribution in [3.05, 3.63) is 77.9 Å². The topological polar surface area (TPSA) is 104 Å². The third kappa shape index (κ3) is 3.58. The molecule has 0 bridgehead atoms. The second kappa shape index (κ2) is 8.59. The molecular weight excluding hydrogens is 410 g/mol. The second-order valence-electron chi connectivity index (χ2n) is 8.34. The number of hydrogen-bond acceptors (Lipinski definition) is 5. The van der Waals surface area contributed by atoms with Gasteiger partial charge in [-0.3, -0.25) is 19.3 Å². The van der Waals surface area contributed by atoms with Crippen LogP contribution in [-0.2, 0) is 19.1 Å². The Labute approximate surface area is 185 Å².